The highest BCUT2D eigenvalue weighted by Gasteiger charge is 2.34. The molecule has 2 aromatic heterocycles. The summed E-state index contributed by atoms with van der Waals surface area (Å²) >= 11 is 0. The minimum atomic E-state index is -0.880. The molecular formula is C26H28N6O3. The fourth-order valence-corrected chi connectivity index (χ4v) is 5.14. The third kappa shape index (κ3) is 4.07. The summed E-state index contributed by atoms with van der Waals surface area (Å²) in [5, 5.41) is 24.2. The molecule has 1 aliphatic heterocycles. The van der Waals surface area contributed by atoms with Crippen LogP contribution in [0.15, 0.2) is 53.3 Å². The summed E-state index contributed by atoms with van der Waals surface area (Å²) in [5.74, 6) is -0.349. The second-order valence-corrected chi connectivity index (χ2v) is 9.10. The number of hydrogen-bond acceptors (Lipinski definition) is 5. The van der Waals surface area contributed by atoms with Gasteiger partial charge in [-0.2, -0.15) is 5.21 Å². The molecule has 9 heteroatoms. The molecule has 5 rings (SSSR count). The first-order valence-corrected chi connectivity index (χ1v) is 12.0. The van der Waals surface area contributed by atoms with Gasteiger partial charge in [-0.1, -0.05) is 61.9 Å². The number of aliphatic carboxylic acids is 1. The molecule has 0 aliphatic carbocycles. The summed E-state index contributed by atoms with van der Waals surface area (Å²) in [7, 11) is 0. The number of carboxylic acids is 1. The van der Waals surface area contributed by atoms with E-state index >= 15 is 0 Å². The van der Waals surface area contributed by atoms with Crippen LogP contribution in [0, 0.1) is 0 Å². The van der Waals surface area contributed by atoms with Gasteiger partial charge in [-0.25, -0.2) is 9.48 Å². The largest absolute Gasteiger partial charge is 0.480 e. The van der Waals surface area contributed by atoms with Crippen molar-refractivity contribution >= 4 is 5.97 Å². The third-order valence-corrected chi connectivity index (χ3v) is 6.82. The van der Waals surface area contributed by atoms with Gasteiger partial charge in [0.1, 0.15) is 6.04 Å². The molecule has 9 nitrogen and oxygen atoms in total. The number of aromatic nitrogens is 6. The summed E-state index contributed by atoms with van der Waals surface area (Å²) in [6.45, 7) is 4.04. The van der Waals surface area contributed by atoms with E-state index < -0.39 is 12.0 Å². The zero-order valence-electron chi connectivity index (χ0n) is 19.8. The highest BCUT2D eigenvalue weighted by molar-refractivity contribution is 5.80. The predicted octanol–water partition coefficient (Wildman–Crippen LogP) is 4.02. The van der Waals surface area contributed by atoms with Crippen molar-refractivity contribution in [3.8, 4) is 22.5 Å². The summed E-state index contributed by atoms with van der Waals surface area (Å²) in [6, 6.07) is 15.3. The Kier molecular flexibility index (Phi) is 6.07. The molecule has 2 unspecified atom stereocenters. The Morgan fingerprint density at radius 2 is 1.83 bits per heavy atom. The Morgan fingerprint density at radius 3 is 2.49 bits per heavy atom. The lowest BCUT2D eigenvalue weighted by Gasteiger charge is -2.30. The molecule has 35 heavy (non-hydrogen) atoms. The monoisotopic (exact) mass is 472 g/mol. The van der Waals surface area contributed by atoms with Crippen molar-refractivity contribution in [2.24, 2.45) is 0 Å². The molecule has 0 radical (unpaired) electrons. The van der Waals surface area contributed by atoms with Crippen molar-refractivity contribution < 1.29 is 9.90 Å². The molecular weight excluding hydrogens is 444 g/mol. The number of fused-ring (bicyclic) bond motifs is 1. The third-order valence-electron chi connectivity index (χ3n) is 6.82. The van der Waals surface area contributed by atoms with E-state index in [1.54, 1.807) is 9.36 Å². The van der Waals surface area contributed by atoms with Crippen LogP contribution >= 0.6 is 0 Å². The number of carbonyl (C=O) groups is 1. The van der Waals surface area contributed by atoms with Gasteiger partial charge < -0.3 is 5.11 Å². The number of carboxylic acid groups (broad SMARTS) is 1. The van der Waals surface area contributed by atoms with E-state index in [4.69, 9.17) is 0 Å². The quantitative estimate of drug-likeness (QED) is 0.419. The molecule has 1 aliphatic rings. The van der Waals surface area contributed by atoms with Gasteiger partial charge in [-0.3, -0.25) is 9.48 Å². The van der Waals surface area contributed by atoms with E-state index in [-0.39, 0.29) is 11.6 Å². The van der Waals surface area contributed by atoms with Gasteiger partial charge in [0.05, 0.1) is 6.04 Å². The molecule has 0 fully saturated rings. The van der Waals surface area contributed by atoms with Crippen molar-refractivity contribution in [2.75, 3.05) is 0 Å². The number of aromatic amines is 1. The molecule has 0 amide bonds. The van der Waals surface area contributed by atoms with Crippen molar-refractivity contribution in [1.29, 1.82) is 0 Å². The van der Waals surface area contributed by atoms with E-state index in [9.17, 15) is 14.7 Å². The SMILES string of the molecule is CCCc1c(Cc2ccc(-c3ccccc3-c3nn[nH]n3)cc2)c(=O)n2n1C(C(=O)O)CCC2C. The summed E-state index contributed by atoms with van der Waals surface area (Å²) in [6.07, 6.45) is 3.19. The van der Waals surface area contributed by atoms with Gasteiger partial charge in [-0.15, -0.1) is 10.2 Å². The lowest BCUT2D eigenvalue weighted by atomic mass is 9.96. The fourth-order valence-electron chi connectivity index (χ4n) is 5.14. The number of benzene rings is 2. The van der Waals surface area contributed by atoms with Crippen molar-refractivity contribution in [3.63, 3.8) is 0 Å². The Hall–Kier alpha value is -4.01. The molecule has 2 N–H and O–H groups in total. The first-order valence-electron chi connectivity index (χ1n) is 12.0. The summed E-state index contributed by atoms with van der Waals surface area (Å²) < 4.78 is 3.45. The Balaban J connectivity index is 1.51. The van der Waals surface area contributed by atoms with Crippen molar-refractivity contribution in [2.45, 2.75) is 58.0 Å². The maximum Gasteiger partial charge on any atom is 0.328 e. The fraction of sp³-hybridized carbons (Fsp3) is 0.346. The molecule has 0 spiro atoms. The second kappa shape index (κ2) is 9.32. The van der Waals surface area contributed by atoms with Gasteiger partial charge in [0.2, 0.25) is 5.82 Å². The van der Waals surface area contributed by atoms with Crippen LogP contribution in [-0.2, 0) is 17.6 Å². The molecule has 3 heterocycles. The van der Waals surface area contributed by atoms with E-state index in [2.05, 4.69) is 27.5 Å². The number of nitrogens with one attached hydrogen (secondary N) is 1. The molecule has 0 saturated carbocycles. The maximum absolute atomic E-state index is 13.5. The Morgan fingerprint density at radius 1 is 1.09 bits per heavy atom. The van der Waals surface area contributed by atoms with Crippen LogP contribution in [0.4, 0.5) is 0 Å². The molecule has 2 atom stereocenters. The number of rotatable bonds is 7. The zero-order valence-corrected chi connectivity index (χ0v) is 19.8. The van der Waals surface area contributed by atoms with E-state index in [0.717, 1.165) is 34.4 Å². The lowest BCUT2D eigenvalue weighted by Crippen LogP contribution is -2.37. The smallest absolute Gasteiger partial charge is 0.328 e. The number of H-pyrrole nitrogens is 1. The second-order valence-electron chi connectivity index (χ2n) is 9.10. The minimum absolute atomic E-state index is 0.0218. The molecule has 4 aromatic rings. The first kappa shape index (κ1) is 22.8. The average Bonchev–Trinajstić information content (AvgIpc) is 3.49. The highest BCUT2D eigenvalue weighted by atomic mass is 16.4. The maximum atomic E-state index is 13.5. The number of hydrogen-bond donors (Lipinski definition) is 2. The highest BCUT2D eigenvalue weighted by Crippen LogP contribution is 2.32. The van der Waals surface area contributed by atoms with Crippen LogP contribution < -0.4 is 5.56 Å². The van der Waals surface area contributed by atoms with Crippen LogP contribution in [0.5, 0.6) is 0 Å². The first-order chi connectivity index (χ1) is 17.0. The molecule has 2 aromatic carbocycles. The van der Waals surface area contributed by atoms with Crippen molar-refractivity contribution in [1.82, 2.24) is 30.0 Å². The molecule has 0 saturated heterocycles. The van der Waals surface area contributed by atoms with Crippen molar-refractivity contribution in [3.05, 3.63) is 75.7 Å². The van der Waals surface area contributed by atoms with Crippen LogP contribution in [0.1, 0.15) is 62.0 Å². The summed E-state index contributed by atoms with van der Waals surface area (Å²) in [5.41, 5.74) is 5.36. The number of tetrazole rings is 1. The van der Waals surface area contributed by atoms with Gasteiger partial charge in [0.25, 0.3) is 5.56 Å². The van der Waals surface area contributed by atoms with E-state index in [0.29, 0.717) is 37.1 Å². The molecule has 0 bridgehead atoms. The molecule has 180 valence electrons. The zero-order chi connectivity index (χ0) is 24.5. The standard InChI is InChI=1S/C26H28N6O3/c1-3-6-22-21(25(33)31-16(2)9-14-23(26(34)35)32(22)31)15-17-10-12-18(13-11-17)19-7-4-5-8-20(19)24-27-29-30-28-24/h4-5,7-8,10-13,16,23H,3,6,9,14-15H2,1-2H3,(H,34,35)(H,27,28,29,30). The van der Waals surface area contributed by atoms with Crippen LogP contribution in [0.3, 0.4) is 0 Å². The minimum Gasteiger partial charge on any atom is -0.480 e. The van der Waals surface area contributed by atoms with Gasteiger partial charge in [0.15, 0.2) is 0 Å². The van der Waals surface area contributed by atoms with Crippen LogP contribution in [-0.4, -0.2) is 41.1 Å². The van der Waals surface area contributed by atoms with E-state index in [1.165, 1.54) is 0 Å². The Labute approximate surface area is 202 Å². The average molecular weight is 473 g/mol. The van der Waals surface area contributed by atoms with Gasteiger partial charge in [0, 0.05) is 23.2 Å². The summed E-state index contributed by atoms with van der Waals surface area (Å²) in [4.78, 5) is 25.5. The predicted molar refractivity (Wildman–Crippen MR) is 131 cm³/mol. The normalized spacial score (nSPS) is 17.3. The van der Waals surface area contributed by atoms with Crippen LogP contribution in [0.2, 0.25) is 0 Å². The lowest BCUT2D eigenvalue weighted by molar-refractivity contribution is -0.142. The topological polar surface area (TPSA) is 119 Å². The van der Waals surface area contributed by atoms with Gasteiger partial charge >= 0.3 is 5.97 Å². The Bertz CT molecular complexity index is 1400. The van der Waals surface area contributed by atoms with E-state index in [1.807, 2.05) is 55.5 Å². The van der Waals surface area contributed by atoms with Crippen LogP contribution in [0.25, 0.3) is 22.5 Å². The number of nitrogens with zero attached hydrogens (tertiary/aromatic N) is 5. The van der Waals surface area contributed by atoms with Gasteiger partial charge in [-0.05, 0) is 48.1 Å².